The molecular weight excluding hydrogens is 488 g/mol. The lowest BCUT2D eigenvalue weighted by atomic mass is 9.82. The summed E-state index contributed by atoms with van der Waals surface area (Å²) in [5, 5.41) is 22.2. The Morgan fingerprint density at radius 2 is 2.03 bits per heavy atom. The number of carbonyl (C=O) groups is 1. The summed E-state index contributed by atoms with van der Waals surface area (Å²) in [5.74, 6) is 0.199. The predicted octanol–water partition coefficient (Wildman–Crippen LogP) is 4.56. The van der Waals surface area contributed by atoms with Crippen LogP contribution in [0, 0.1) is 0 Å². The van der Waals surface area contributed by atoms with Crippen LogP contribution in [0.15, 0.2) is 85.5 Å². The number of hydrogen-bond donors (Lipinski definition) is 5. The van der Waals surface area contributed by atoms with E-state index in [9.17, 15) is 9.90 Å². The van der Waals surface area contributed by atoms with Crippen molar-refractivity contribution in [3.63, 3.8) is 0 Å². The van der Waals surface area contributed by atoms with E-state index in [1.165, 1.54) is 22.0 Å². The van der Waals surface area contributed by atoms with Crippen LogP contribution < -0.4 is 16.0 Å². The number of anilines is 1. The molecule has 0 saturated heterocycles. The average Bonchev–Trinajstić information content (AvgIpc) is 3.70. The number of likely N-dealkylation sites (N-methyl/N-ethyl adjacent to an activating group) is 1. The van der Waals surface area contributed by atoms with E-state index < -0.39 is 0 Å². The molecule has 0 amide bonds. The number of imidazole rings is 1. The zero-order chi connectivity index (χ0) is 26.8. The van der Waals surface area contributed by atoms with Crippen LogP contribution in [-0.4, -0.2) is 45.6 Å². The molecule has 5 N–H and O–H groups in total. The lowest BCUT2D eigenvalue weighted by Gasteiger charge is -2.30. The van der Waals surface area contributed by atoms with Crippen molar-refractivity contribution in [1.29, 1.82) is 0 Å². The molecule has 1 aliphatic rings. The van der Waals surface area contributed by atoms with E-state index in [4.69, 9.17) is 0 Å². The number of aromatic hydroxyl groups is 1. The van der Waals surface area contributed by atoms with Crippen molar-refractivity contribution in [2.75, 3.05) is 18.9 Å². The number of H-pyrrole nitrogens is 1. The number of phenolic OH excluding ortho intramolecular Hbond substituents is 1. The maximum absolute atomic E-state index is 11.9. The monoisotopic (exact) mass is 520 g/mol. The number of carbonyl (C=O) groups excluding carboxylic acids is 1. The number of benzene rings is 3. The second kappa shape index (κ2) is 10.8. The van der Waals surface area contributed by atoms with E-state index in [2.05, 4.69) is 73.1 Å². The third kappa shape index (κ3) is 4.92. The first-order valence-corrected chi connectivity index (χ1v) is 13.2. The smallest absolute Gasteiger partial charge is 0.150 e. The van der Waals surface area contributed by atoms with Gasteiger partial charge in [0.2, 0.25) is 0 Å². The molecule has 8 heteroatoms. The Labute approximate surface area is 227 Å². The van der Waals surface area contributed by atoms with Gasteiger partial charge in [-0.2, -0.15) is 0 Å². The van der Waals surface area contributed by atoms with Gasteiger partial charge in [-0.15, -0.1) is 0 Å². The molecule has 39 heavy (non-hydrogen) atoms. The van der Waals surface area contributed by atoms with E-state index in [0.29, 0.717) is 5.56 Å². The van der Waals surface area contributed by atoms with Gasteiger partial charge in [-0.25, -0.2) is 4.98 Å². The first kappa shape index (κ1) is 24.9. The lowest BCUT2D eigenvalue weighted by molar-refractivity contribution is 0.112. The number of fused-ring (bicyclic) bond motifs is 2. The van der Waals surface area contributed by atoms with Crippen LogP contribution in [0.1, 0.15) is 44.7 Å². The molecule has 3 heterocycles. The van der Waals surface area contributed by atoms with Gasteiger partial charge in [-0.3, -0.25) is 4.79 Å². The minimum atomic E-state index is -0.165. The maximum atomic E-state index is 11.9. The molecule has 0 aliphatic carbocycles. The third-order valence-corrected chi connectivity index (χ3v) is 7.72. The molecule has 0 bridgehead atoms. The van der Waals surface area contributed by atoms with Crippen molar-refractivity contribution in [2.45, 2.75) is 31.1 Å². The van der Waals surface area contributed by atoms with Gasteiger partial charge in [0, 0.05) is 60.3 Å². The van der Waals surface area contributed by atoms with Gasteiger partial charge >= 0.3 is 0 Å². The van der Waals surface area contributed by atoms with E-state index >= 15 is 0 Å². The number of para-hydroxylation sites is 1. The van der Waals surface area contributed by atoms with Crippen LogP contribution in [0.5, 0.6) is 5.75 Å². The minimum Gasteiger partial charge on any atom is -0.508 e. The number of aromatic amines is 1. The number of rotatable bonds is 10. The third-order valence-electron chi connectivity index (χ3n) is 7.72. The van der Waals surface area contributed by atoms with Crippen molar-refractivity contribution in [3.05, 3.63) is 113 Å². The molecule has 0 saturated carbocycles. The van der Waals surface area contributed by atoms with Crippen LogP contribution in [0.3, 0.4) is 0 Å². The molecule has 0 radical (unpaired) electrons. The van der Waals surface area contributed by atoms with Crippen LogP contribution in [0.25, 0.3) is 10.9 Å². The van der Waals surface area contributed by atoms with Gasteiger partial charge in [-0.05, 0) is 65.5 Å². The van der Waals surface area contributed by atoms with E-state index in [1.807, 2.05) is 25.4 Å². The topological polar surface area (TPSA) is 107 Å². The SMILES string of the molecule is CNC(c1cc(O)ccc1C=O)C1c2ccccc2NC1CNCc1ccc2ccn(Cc3c[nH]cn3)c2c1. The van der Waals surface area contributed by atoms with E-state index in [1.54, 1.807) is 24.5 Å². The Balaban J connectivity index is 1.22. The molecule has 6 rings (SSSR count). The molecule has 3 aromatic carbocycles. The zero-order valence-corrected chi connectivity index (χ0v) is 21.8. The quantitative estimate of drug-likeness (QED) is 0.173. The van der Waals surface area contributed by atoms with Crippen molar-refractivity contribution >= 4 is 22.9 Å². The van der Waals surface area contributed by atoms with Gasteiger partial charge < -0.3 is 30.6 Å². The van der Waals surface area contributed by atoms with Crippen molar-refractivity contribution in [2.24, 2.45) is 0 Å². The van der Waals surface area contributed by atoms with Gasteiger partial charge in [0.15, 0.2) is 0 Å². The van der Waals surface area contributed by atoms with Gasteiger partial charge in [0.1, 0.15) is 12.0 Å². The molecular formula is C31H32N6O2. The lowest BCUT2D eigenvalue weighted by Crippen LogP contribution is -2.39. The Hall–Kier alpha value is -4.40. The van der Waals surface area contributed by atoms with Crippen LogP contribution in [0.2, 0.25) is 0 Å². The highest BCUT2D eigenvalue weighted by Crippen LogP contribution is 2.44. The standard InChI is InChI=1S/C31H32N6O2/c1-32-31(26-13-24(39)9-8-22(26)18-38)30-25-4-2-3-5-27(25)36-28(30)16-33-14-20-6-7-21-10-11-37(29(21)12-20)17-23-15-34-19-35-23/h2-13,15,18-19,28,30-33,36,39H,14,16-17H2,1H3,(H,34,35). The predicted molar refractivity (Wildman–Crippen MR) is 153 cm³/mol. The molecule has 5 aromatic rings. The molecule has 0 fully saturated rings. The fourth-order valence-corrected chi connectivity index (χ4v) is 5.88. The van der Waals surface area contributed by atoms with Crippen molar-refractivity contribution < 1.29 is 9.90 Å². The van der Waals surface area contributed by atoms with Crippen LogP contribution in [-0.2, 0) is 13.1 Å². The summed E-state index contributed by atoms with van der Waals surface area (Å²) in [6.07, 6.45) is 6.60. The molecule has 3 atom stereocenters. The number of nitrogens with zero attached hydrogens (tertiary/aromatic N) is 2. The van der Waals surface area contributed by atoms with Gasteiger partial charge in [0.05, 0.1) is 18.6 Å². The molecule has 3 unspecified atom stereocenters. The summed E-state index contributed by atoms with van der Waals surface area (Å²) in [5.41, 5.74) is 7.05. The largest absolute Gasteiger partial charge is 0.508 e. The summed E-state index contributed by atoms with van der Waals surface area (Å²) < 4.78 is 2.22. The highest BCUT2D eigenvalue weighted by molar-refractivity contribution is 5.81. The Kier molecular flexibility index (Phi) is 6.87. The summed E-state index contributed by atoms with van der Waals surface area (Å²) in [7, 11) is 1.90. The Morgan fingerprint density at radius 3 is 2.85 bits per heavy atom. The number of nitrogens with one attached hydrogen (secondary N) is 4. The van der Waals surface area contributed by atoms with Gasteiger partial charge in [0.25, 0.3) is 0 Å². The summed E-state index contributed by atoms with van der Waals surface area (Å²) >= 11 is 0. The van der Waals surface area contributed by atoms with E-state index in [0.717, 1.165) is 42.9 Å². The highest BCUT2D eigenvalue weighted by Gasteiger charge is 2.38. The molecule has 2 aromatic heterocycles. The fourth-order valence-electron chi connectivity index (χ4n) is 5.88. The molecule has 8 nitrogen and oxygen atoms in total. The first-order valence-electron chi connectivity index (χ1n) is 13.2. The number of aromatic nitrogens is 3. The molecule has 198 valence electrons. The van der Waals surface area contributed by atoms with Gasteiger partial charge in [-0.1, -0.05) is 30.3 Å². The zero-order valence-electron chi connectivity index (χ0n) is 21.8. The van der Waals surface area contributed by atoms with Crippen molar-refractivity contribution in [3.8, 4) is 5.75 Å². The summed E-state index contributed by atoms with van der Waals surface area (Å²) in [6.45, 7) is 2.17. The average molecular weight is 521 g/mol. The number of hydrogen-bond acceptors (Lipinski definition) is 6. The number of phenols is 1. The Bertz CT molecular complexity index is 1590. The molecule has 0 spiro atoms. The van der Waals surface area contributed by atoms with Crippen LogP contribution >= 0.6 is 0 Å². The fraction of sp³-hybridized carbons (Fsp3) is 0.226. The molecule has 1 aliphatic heterocycles. The second-order valence-corrected chi connectivity index (χ2v) is 10.1. The summed E-state index contributed by atoms with van der Waals surface area (Å²) in [4.78, 5) is 19.3. The minimum absolute atomic E-state index is 0.0489. The number of aldehydes is 1. The maximum Gasteiger partial charge on any atom is 0.150 e. The van der Waals surface area contributed by atoms with Crippen LogP contribution in [0.4, 0.5) is 5.69 Å². The Morgan fingerprint density at radius 1 is 1.13 bits per heavy atom. The summed E-state index contributed by atoms with van der Waals surface area (Å²) in [6, 6.07) is 21.9. The van der Waals surface area contributed by atoms with Crippen molar-refractivity contribution in [1.82, 2.24) is 25.2 Å². The highest BCUT2D eigenvalue weighted by atomic mass is 16.3. The first-order chi connectivity index (χ1) is 19.1. The van der Waals surface area contributed by atoms with E-state index in [-0.39, 0.29) is 23.8 Å². The second-order valence-electron chi connectivity index (χ2n) is 10.1. The normalized spacial score (nSPS) is 17.2.